The Bertz CT molecular complexity index is 147. The van der Waals surface area contributed by atoms with Crippen LogP contribution in [0.5, 0.6) is 0 Å². The highest BCUT2D eigenvalue weighted by Gasteiger charge is 2.19. The molecule has 0 rings (SSSR count). The van der Waals surface area contributed by atoms with Crippen LogP contribution in [0.15, 0.2) is 0 Å². The van der Waals surface area contributed by atoms with Crippen molar-refractivity contribution >= 4 is 10.8 Å². The smallest absolute Gasteiger partial charge is 0.0345 e. The fourth-order valence-electron chi connectivity index (χ4n) is 0.986. The molecule has 0 aromatic carbocycles. The zero-order chi connectivity index (χ0) is 9.72. The van der Waals surface area contributed by atoms with Crippen LogP contribution in [0.4, 0.5) is 0 Å². The molecule has 12 heavy (non-hydrogen) atoms. The molecule has 74 valence electrons. The Morgan fingerprint density at radius 1 is 1.25 bits per heavy atom. The highest BCUT2D eigenvalue weighted by Crippen LogP contribution is 2.14. The van der Waals surface area contributed by atoms with E-state index in [0.29, 0.717) is 12.5 Å². The van der Waals surface area contributed by atoms with E-state index in [1.54, 1.807) is 0 Å². The lowest BCUT2D eigenvalue weighted by atomic mass is 10.2. The zero-order valence-electron chi connectivity index (χ0n) is 8.54. The monoisotopic (exact) mass is 191 g/mol. The minimum Gasteiger partial charge on any atom is -0.330 e. The lowest BCUT2D eigenvalue weighted by Gasteiger charge is -2.19. The highest BCUT2D eigenvalue weighted by molar-refractivity contribution is 7.86. The fourth-order valence-corrected chi connectivity index (χ4v) is 2.62. The van der Waals surface area contributed by atoms with Crippen molar-refractivity contribution < 1.29 is 4.21 Å². The van der Waals surface area contributed by atoms with E-state index in [-0.39, 0.29) is 10.5 Å². The largest absolute Gasteiger partial charge is 0.330 e. The summed E-state index contributed by atoms with van der Waals surface area (Å²) in [5.41, 5.74) is 5.41. The molecule has 0 saturated carbocycles. The molecule has 2 nitrogen and oxygen atoms in total. The summed E-state index contributed by atoms with van der Waals surface area (Å²) in [6.07, 6.45) is 0.865. The maximum Gasteiger partial charge on any atom is 0.0345 e. The molecule has 0 aromatic heterocycles. The third kappa shape index (κ3) is 3.68. The van der Waals surface area contributed by atoms with E-state index in [2.05, 4.69) is 13.8 Å². The Hall–Kier alpha value is 0.110. The quantitative estimate of drug-likeness (QED) is 0.716. The molecule has 0 saturated heterocycles. The predicted octanol–water partition coefficient (Wildman–Crippen LogP) is 1.52. The number of hydrogen-bond donors (Lipinski definition) is 1. The van der Waals surface area contributed by atoms with Crippen LogP contribution in [0.1, 0.15) is 34.1 Å². The van der Waals surface area contributed by atoms with Gasteiger partial charge in [0.25, 0.3) is 0 Å². The second-order valence-corrected chi connectivity index (χ2v) is 5.87. The van der Waals surface area contributed by atoms with Gasteiger partial charge >= 0.3 is 0 Å². The normalized spacial score (nSPS) is 19.2. The van der Waals surface area contributed by atoms with Gasteiger partial charge in [-0.25, -0.2) is 0 Å². The Balaban J connectivity index is 4.00. The standard InChI is InChI=1S/C9H21NOS/c1-7(2)9(4)12(11)8(3)5-6-10/h7-9H,5-6,10H2,1-4H3. The molecule has 3 unspecified atom stereocenters. The van der Waals surface area contributed by atoms with Crippen LogP contribution in [0.25, 0.3) is 0 Å². The second kappa shape index (κ2) is 5.70. The number of nitrogens with two attached hydrogens (primary N) is 1. The number of rotatable bonds is 5. The minimum absolute atomic E-state index is 0.243. The summed E-state index contributed by atoms with van der Waals surface area (Å²) in [6.45, 7) is 8.92. The molecule has 3 heteroatoms. The van der Waals surface area contributed by atoms with Crippen molar-refractivity contribution in [3.05, 3.63) is 0 Å². The van der Waals surface area contributed by atoms with Crippen molar-refractivity contribution in [1.29, 1.82) is 0 Å². The van der Waals surface area contributed by atoms with Gasteiger partial charge in [0.2, 0.25) is 0 Å². The molecule has 2 N–H and O–H groups in total. The maximum atomic E-state index is 11.7. The van der Waals surface area contributed by atoms with Crippen LogP contribution in [-0.4, -0.2) is 21.3 Å². The van der Waals surface area contributed by atoms with Crippen molar-refractivity contribution in [3.8, 4) is 0 Å². The van der Waals surface area contributed by atoms with Crippen molar-refractivity contribution in [2.45, 2.75) is 44.6 Å². The van der Waals surface area contributed by atoms with E-state index in [0.717, 1.165) is 6.42 Å². The lowest BCUT2D eigenvalue weighted by Crippen LogP contribution is -2.27. The molecule has 0 radical (unpaired) electrons. The molecule has 3 atom stereocenters. The summed E-state index contributed by atoms with van der Waals surface area (Å²) in [5, 5.41) is 0.527. The first-order chi connectivity index (χ1) is 5.50. The van der Waals surface area contributed by atoms with Gasteiger partial charge in [-0.1, -0.05) is 27.7 Å². The molecule has 0 bridgehead atoms. The molecule has 0 fully saturated rings. The Morgan fingerprint density at radius 2 is 1.75 bits per heavy atom. The topological polar surface area (TPSA) is 43.1 Å². The average molecular weight is 191 g/mol. The van der Waals surface area contributed by atoms with Gasteiger partial charge in [0.1, 0.15) is 0 Å². The molecule has 0 spiro atoms. The summed E-state index contributed by atoms with van der Waals surface area (Å²) in [7, 11) is -0.720. The average Bonchev–Trinajstić information content (AvgIpc) is 2.02. The fraction of sp³-hybridized carbons (Fsp3) is 1.00. The second-order valence-electron chi connectivity index (χ2n) is 3.67. The van der Waals surface area contributed by atoms with Crippen molar-refractivity contribution in [3.63, 3.8) is 0 Å². The molecule has 0 aliphatic carbocycles. The van der Waals surface area contributed by atoms with Gasteiger partial charge in [0, 0.05) is 21.3 Å². The van der Waals surface area contributed by atoms with Crippen LogP contribution in [0.3, 0.4) is 0 Å². The van der Waals surface area contributed by atoms with Gasteiger partial charge in [0.05, 0.1) is 0 Å². The summed E-state index contributed by atoms with van der Waals surface area (Å²) < 4.78 is 11.7. The third-order valence-corrected chi connectivity index (χ3v) is 4.58. The van der Waals surface area contributed by atoms with E-state index in [1.165, 1.54) is 0 Å². The molecule has 0 amide bonds. The summed E-state index contributed by atoms with van der Waals surface area (Å²) >= 11 is 0. The Morgan fingerprint density at radius 3 is 2.08 bits per heavy atom. The van der Waals surface area contributed by atoms with E-state index >= 15 is 0 Å². The van der Waals surface area contributed by atoms with Gasteiger partial charge in [0.15, 0.2) is 0 Å². The van der Waals surface area contributed by atoms with Crippen LogP contribution in [-0.2, 0) is 10.8 Å². The van der Waals surface area contributed by atoms with Crippen molar-refractivity contribution in [2.24, 2.45) is 11.7 Å². The van der Waals surface area contributed by atoms with Crippen LogP contribution in [0, 0.1) is 5.92 Å². The molecular formula is C9H21NOS. The van der Waals surface area contributed by atoms with Crippen molar-refractivity contribution in [1.82, 2.24) is 0 Å². The van der Waals surface area contributed by atoms with Gasteiger partial charge in [-0.3, -0.25) is 4.21 Å². The molecule has 0 aliphatic rings. The number of hydrogen-bond acceptors (Lipinski definition) is 2. The van der Waals surface area contributed by atoms with Crippen molar-refractivity contribution in [2.75, 3.05) is 6.54 Å². The van der Waals surface area contributed by atoms with Gasteiger partial charge < -0.3 is 5.73 Å². The molecule has 0 aromatic rings. The van der Waals surface area contributed by atoms with E-state index in [9.17, 15) is 4.21 Å². The third-order valence-electron chi connectivity index (χ3n) is 2.28. The highest BCUT2D eigenvalue weighted by atomic mass is 32.2. The first-order valence-electron chi connectivity index (χ1n) is 4.60. The summed E-state index contributed by atoms with van der Waals surface area (Å²) in [6, 6.07) is 0. The predicted molar refractivity (Wildman–Crippen MR) is 55.6 cm³/mol. The summed E-state index contributed by atoms with van der Waals surface area (Å²) in [4.78, 5) is 0. The van der Waals surface area contributed by atoms with Gasteiger partial charge in [-0.05, 0) is 18.9 Å². The van der Waals surface area contributed by atoms with Gasteiger partial charge in [-0.15, -0.1) is 0 Å². The van der Waals surface area contributed by atoms with Crippen LogP contribution < -0.4 is 5.73 Å². The SMILES string of the molecule is CC(C)C(C)S(=O)C(C)CCN. The lowest BCUT2D eigenvalue weighted by molar-refractivity contribution is 0.594. The van der Waals surface area contributed by atoms with E-state index < -0.39 is 10.8 Å². The zero-order valence-corrected chi connectivity index (χ0v) is 9.36. The Kier molecular flexibility index (Phi) is 5.76. The first-order valence-corrected chi connectivity index (χ1v) is 5.87. The maximum absolute atomic E-state index is 11.7. The van der Waals surface area contributed by atoms with Gasteiger partial charge in [-0.2, -0.15) is 0 Å². The Labute approximate surface area is 78.4 Å². The van der Waals surface area contributed by atoms with E-state index in [1.807, 2.05) is 13.8 Å². The minimum atomic E-state index is -0.720. The van der Waals surface area contributed by atoms with E-state index in [4.69, 9.17) is 5.73 Å². The summed E-state index contributed by atoms with van der Waals surface area (Å²) in [5.74, 6) is 0.492. The van der Waals surface area contributed by atoms with Crippen LogP contribution in [0.2, 0.25) is 0 Å². The molecule has 0 heterocycles. The first kappa shape index (κ1) is 12.1. The van der Waals surface area contributed by atoms with Crippen LogP contribution >= 0.6 is 0 Å². The molecule has 0 aliphatic heterocycles. The molecular weight excluding hydrogens is 170 g/mol.